The number of anilines is 1. The SMILES string of the molecule is COc1ccc(SC(C)C(=O)N2CCN(c3ccc(Cl)cc3[N+](=O)[O-])CC2)cc1. The average molecular weight is 436 g/mol. The third-order valence-corrected chi connectivity index (χ3v) is 6.12. The topological polar surface area (TPSA) is 75.9 Å². The van der Waals surface area contributed by atoms with Crippen molar-refractivity contribution in [1.29, 1.82) is 0 Å². The fraction of sp³-hybridized carbons (Fsp3) is 0.350. The first-order chi connectivity index (χ1) is 13.9. The minimum atomic E-state index is -0.424. The number of rotatable bonds is 6. The van der Waals surface area contributed by atoms with E-state index in [4.69, 9.17) is 16.3 Å². The Balaban J connectivity index is 1.60. The van der Waals surface area contributed by atoms with Crippen LogP contribution >= 0.6 is 23.4 Å². The number of hydrogen-bond acceptors (Lipinski definition) is 6. The number of halogens is 1. The molecule has 1 heterocycles. The quantitative estimate of drug-likeness (QED) is 0.386. The standard InChI is InChI=1S/C20H22ClN3O4S/c1-14(29-17-6-4-16(28-2)5-7-17)20(25)23-11-9-22(10-12-23)18-8-3-15(21)13-19(18)24(26)27/h3-8,13-14H,9-12H2,1-2H3. The van der Waals surface area contributed by atoms with Crippen molar-refractivity contribution >= 4 is 40.6 Å². The minimum Gasteiger partial charge on any atom is -0.497 e. The molecule has 2 aromatic rings. The van der Waals surface area contributed by atoms with Crippen LogP contribution in [0.2, 0.25) is 5.02 Å². The predicted molar refractivity (Wildman–Crippen MR) is 115 cm³/mol. The van der Waals surface area contributed by atoms with E-state index in [1.165, 1.54) is 17.8 Å². The van der Waals surface area contributed by atoms with Crippen LogP contribution in [-0.4, -0.2) is 54.3 Å². The summed E-state index contributed by atoms with van der Waals surface area (Å²) < 4.78 is 5.15. The van der Waals surface area contributed by atoms with Crippen LogP contribution in [0.4, 0.5) is 11.4 Å². The number of benzene rings is 2. The highest BCUT2D eigenvalue weighted by atomic mass is 35.5. The number of ether oxygens (including phenoxy) is 1. The van der Waals surface area contributed by atoms with Gasteiger partial charge in [-0.15, -0.1) is 11.8 Å². The maximum Gasteiger partial charge on any atom is 0.294 e. The number of carbonyl (C=O) groups excluding carboxylic acids is 1. The summed E-state index contributed by atoms with van der Waals surface area (Å²) in [5.41, 5.74) is 0.521. The van der Waals surface area contributed by atoms with Gasteiger partial charge in [-0.2, -0.15) is 0 Å². The molecular formula is C20H22ClN3O4S. The fourth-order valence-electron chi connectivity index (χ4n) is 3.24. The maximum absolute atomic E-state index is 12.8. The summed E-state index contributed by atoms with van der Waals surface area (Å²) in [5, 5.41) is 11.4. The van der Waals surface area contributed by atoms with E-state index in [-0.39, 0.29) is 16.8 Å². The predicted octanol–water partition coefficient (Wildman–Crippen LogP) is 4.09. The first-order valence-electron chi connectivity index (χ1n) is 9.17. The molecule has 154 valence electrons. The normalized spacial score (nSPS) is 15.1. The monoisotopic (exact) mass is 435 g/mol. The van der Waals surface area contributed by atoms with Gasteiger partial charge in [0.25, 0.3) is 5.69 Å². The first kappa shape index (κ1) is 21.3. The molecule has 1 unspecified atom stereocenters. The molecule has 1 atom stereocenters. The molecule has 29 heavy (non-hydrogen) atoms. The number of nitro benzene ring substituents is 1. The molecule has 3 rings (SSSR count). The van der Waals surface area contributed by atoms with E-state index < -0.39 is 4.92 Å². The molecule has 0 aromatic heterocycles. The van der Waals surface area contributed by atoms with Crippen LogP contribution in [0.1, 0.15) is 6.92 Å². The van der Waals surface area contributed by atoms with Crippen molar-refractivity contribution in [2.24, 2.45) is 0 Å². The lowest BCUT2D eigenvalue weighted by atomic mass is 10.2. The van der Waals surface area contributed by atoms with Crippen LogP contribution in [0, 0.1) is 10.1 Å². The number of nitrogens with zero attached hydrogens (tertiary/aromatic N) is 3. The number of thioether (sulfide) groups is 1. The Morgan fingerprint density at radius 3 is 2.41 bits per heavy atom. The highest BCUT2D eigenvalue weighted by Crippen LogP contribution is 2.32. The molecule has 1 fully saturated rings. The molecule has 2 aromatic carbocycles. The first-order valence-corrected chi connectivity index (χ1v) is 10.4. The molecule has 7 nitrogen and oxygen atoms in total. The largest absolute Gasteiger partial charge is 0.497 e. The highest BCUT2D eigenvalue weighted by molar-refractivity contribution is 8.00. The van der Waals surface area contributed by atoms with Gasteiger partial charge >= 0.3 is 0 Å². The number of nitro groups is 1. The number of amides is 1. The van der Waals surface area contributed by atoms with Crippen LogP contribution in [0.25, 0.3) is 0 Å². The third-order valence-electron chi connectivity index (χ3n) is 4.79. The molecule has 1 saturated heterocycles. The van der Waals surface area contributed by atoms with Gasteiger partial charge in [0.05, 0.1) is 17.3 Å². The Morgan fingerprint density at radius 1 is 1.17 bits per heavy atom. The van der Waals surface area contributed by atoms with E-state index >= 15 is 0 Å². The third kappa shape index (κ3) is 5.13. The van der Waals surface area contributed by atoms with Gasteiger partial charge in [-0.3, -0.25) is 14.9 Å². The second-order valence-corrected chi connectivity index (χ2v) is 8.49. The lowest BCUT2D eigenvalue weighted by Gasteiger charge is -2.36. The molecule has 1 aliphatic heterocycles. The summed E-state index contributed by atoms with van der Waals surface area (Å²) >= 11 is 7.40. The van der Waals surface area contributed by atoms with Gasteiger partial charge in [0.2, 0.25) is 5.91 Å². The van der Waals surface area contributed by atoms with Crippen LogP contribution in [0.15, 0.2) is 47.4 Å². The van der Waals surface area contributed by atoms with E-state index in [2.05, 4.69) is 0 Å². The van der Waals surface area contributed by atoms with Crippen LogP contribution in [-0.2, 0) is 4.79 Å². The van der Waals surface area contributed by atoms with Crippen molar-refractivity contribution in [3.63, 3.8) is 0 Å². The molecule has 9 heteroatoms. The Labute approximate surface area is 178 Å². The van der Waals surface area contributed by atoms with Gasteiger partial charge in [-0.1, -0.05) is 11.6 Å². The lowest BCUT2D eigenvalue weighted by molar-refractivity contribution is -0.384. The number of carbonyl (C=O) groups is 1. The zero-order chi connectivity index (χ0) is 21.0. The van der Waals surface area contributed by atoms with Gasteiger partial charge in [-0.05, 0) is 43.3 Å². The summed E-state index contributed by atoms with van der Waals surface area (Å²) in [6.45, 7) is 4.01. The molecule has 0 N–H and O–H groups in total. The minimum absolute atomic E-state index is 0.0132. The summed E-state index contributed by atoms with van der Waals surface area (Å²) in [4.78, 5) is 28.5. The molecule has 1 aliphatic rings. The second-order valence-electron chi connectivity index (χ2n) is 6.64. The van der Waals surface area contributed by atoms with E-state index in [0.29, 0.717) is 36.9 Å². The summed E-state index contributed by atoms with van der Waals surface area (Å²) in [7, 11) is 1.62. The van der Waals surface area contributed by atoms with Crippen molar-refractivity contribution in [3.05, 3.63) is 57.6 Å². The Bertz CT molecular complexity index is 886. The molecule has 0 saturated carbocycles. The average Bonchev–Trinajstić information content (AvgIpc) is 2.73. The number of piperazine rings is 1. The summed E-state index contributed by atoms with van der Waals surface area (Å²) in [6.07, 6.45) is 0. The van der Waals surface area contributed by atoms with Gasteiger partial charge in [0.15, 0.2) is 0 Å². The van der Waals surface area contributed by atoms with E-state index in [9.17, 15) is 14.9 Å². The Kier molecular flexibility index (Phi) is 6.87. The number of methoxy groups -OCH3 is 1. The van der Waals surface area contributed by atoms with Gasteiger partial charge in [0, 0.05) is 42.2 Å². The molecular weight excluding hydrogens is 414 g/mol. The van der Waals surface area contributed by atoms with Crippen molar-refractivity contribution in [2.75, 3.05) is 38.2 Å². The molecule has 0 radical (unpaired) electrons. The van der Waals surface area contributed by atoms with Crippen LogP contribution < -0.4 is 9.64 Å². The number of hydrogen-bond donors (Lipinski definition) is 0. The van der Waals surface area contributed by atoms with E-state index in [1.807, 2.05) is 41.0 Å². The summed E-state index contributed by atoms with van der Waals surface area (Å²) in [5.74, 6) is 0.844. The Hall–Kier alpha value is -2.45. The van der Waals surface area contributed by atoms with Crippen molar-refractivity contribution in [2.45, 2.75) is 17.1 Å². The smallest absolute Gasteiger partial charge is 0.294 e. The van der Waals surface area contributed by atoms with Crippen LogP contribution in [0.5, 0.6) is 5.75 Å². The van der Waals surface area contributed by atoms with Crippen molar-refractivity contribution < 1.29 is 14.5 Å². The Morgan fingerprint density at radius 2 is 1.83 bits per heavy atom. The van der Waals surface area contributed by atoms with Crippen LogP contribution in [0.3, 0.4) is 0 Å². The van der Waals surface area contributed by atoms with Gasteiger partial charge in [0.1, 0.15) is 11.4 Å². The van der Waals surface area contributed by atoms with Crippen molar-refractivity contribution in [1.82, 2.24) is 4.90 Å². The zero-order valence-electron chi connectivity index (χ0n) is 16.2. The maximum atomic E-state index is 12.8. The van der Waals surface area contributed by atoms with Gasteiger partial charge < -0.3 is 14.5 Å². The lowest BCUT2D eigenvalue weighted by Crippen LogP contribution is -2.50. The molecule has 0 spiro atoms. The molecule has 0 aliphatic carbocycles. The van der Waals surface area contributed by atoms with Crippen molar-refractivity contribution in [3.8, 4) is 5.75 Å². The highest BCUT2D eigenvalue weighted by Gasteiger charge is 2.28. The fourth-order valence-corrected chi connectivity index (χ4v) is 4.36. The van der Waals surface area contributed by atoms with E-state index in [0.717, 1.165) is 10.6 Å². The summed E-state index contributed by atoms with van der Waals surface area (Å²) in [6, 6.07) is 12.3. The van der Waals surface area contributed by atoms with E-state index in [1.54, 1.807) is 19.2 Å². The molecule has 1 amide bonds. The second kappa shape index (κ2) is 9.37. The molecule has 0 bridgehead atoms. The zero-order valence-corrected chi connectivity index (χ0v) is 17.8. The van der Waals surface area contributed by atoms with Gasteiger partial charge in [-0.25, -0.2) is 0 Å².